The average Bonchev–Trinajstić information content (AvgIpc) is 2.84. The van der Waals surface area contributed by atoms with Crippen LogP contribution in [0.2, 0.25) is 0 Å². The van der Waals surface area contributed by atoms with Crippen LogP contribution in [0, 0.1) is 5.92 Å². The number of pyridine rings is 1. The number of hydrogen-bond donors (Lipinski definition) is 1. The van der Waals surface area contributed by atoms with Crippen molar-refractivity contribution in [2.75, 3.05) is 12.4 Å². The maximum atomic E-state index is 5.42. The fraction of sp³-hybridized carbons (Fsp3) is 0.438. The van der Waals surface area contributed by atoms with E-state index in [0.717, 1.165) is 28.3 Å². The van der Waals surface area contributed by atoms with Gasteiger partial charge in [-0.25, -0.2) is 4.98 Å². The molecule has 3 heteroatoms. The lowest BCUT2D eigenvalue weighted by Gasteiger charge is -2.19. The summed E-state index contributed by atoms with van der Waals surface area (Å²) >= 11 is 0. The van der Waals surface area contributed by atoms with Gasteiger partial charge in [0.1, 0.15) is 11.6 Å². The molecule has 1 aromatic heterocycles. The fourth-order valence-corrected chi connectivity index (χ4v) is 3.01. The fourth-order valence-electron chi connectivity index (χ4n) is 3.01. The Kier molecular flexibility index (Phi) is 3.28. The van der Waals surface area contributed by atoms with Crippen LogP contribution in [0.4, 0.5) is 5.82 Å². The van der Waals surface area contributed by atoms with Gasteiger partial charge in [-0.15, -0.1) is 0 Å². The first-order chi connectivity index (χ1) is 9.29. The second kappa shape index (κ2) is 5.08. The average molecular weight is 256 g/mol. The molecule has 0 spiro atoms. The normalized spacial score (nSPS) is 22.6. The molecule has 1 N–H and O–H groups in total. The van der Waals surface area contributed by atoms with E-state index >= 15 is 0 Å². The molecule has 19 heavy (non-hydrogen) atoms. The summed E-state index contributed by atoms with van der Waals surface area (Å²) in [6.07, 6.45) is 5.72. The summed E-state index contributed by atoms with van der Waals surface area (Å²) in [5.74, 6) is 2.61. The number of hydrogen-bond acceptors (Lipinski definition) is 3. The van der Waals surface area contributed by atoms with Crippen LogP contribution in [0.1, 0.15) is 26.2 Å². The van der Waals surface area contributed by atoms with Crippen molar-refractivity contribution in [2.45, 2.75) is 32.2 Å². The maximum absolute atomic E-state index is 5.42. The first-order valence-electron chi connectivity index (χ1n) is 6.98. The van der Waals surface area contributed by atoms with Crippen molar-refractivity contribution in [3.8, 4) is 5.75 Å². The number of rotatable bonds is 3. The van der Waals surface area contributed by atoms with E-state index in [9.17, 15) is 0 Å². The highest BCUT2D eigenvalue weighted by atomic mass is 16.5. The number of aromatic nitrogens is 1. The standard InChI is InChI=1S/C16H20N2O/c1-11-5-3-7-14(11)18-16-13-6-4-8-15(19-2)12(13)9-10-17-16/h4,6,8-11,14H,3,5,7H2,1-2H3,(H,17,18). The predicted molar refractivity (Wildman–Crippen MR) is 78.7 cm³/mol. The summed E-state index contributed by atoms with van der Waals surface area (Å²) in [6, 6.07) is 8.67. The molecule has 100 valence electrons. The lowest BCUT2D eigenvalue weighted by Crippen LogP contribution is -2.22. The summed E-state index contributed by atoms with van der Waals surface area (Å²) < 4.78 is 5.42. The van der Waals surface area contributed by atoms with Gasteiger partial charge in [-0.05, 0) is 30.9 Å². The van der Waals surface area contributed by atoms with E-state index in [2.05, 4.69) is 23.3 Å². The zero-order valence-corrected chi connectivity index (χ0v) is 11.5. The molecular formula is C16H20N2O. The van der Waals surface area contributed by atoms with Gasteiger partial charge in [0.2, 0.25) is 0 Å². The van der Waals surface area contributed by atoms with Crippen LogP contribution < -0.4 is 10.1 Å². The lowest BCUT2D eigenvalue weighted by atomic mass is 10.1. The quantitative estimate of drug-likeness (QED) is 0.906. The molecule has 1 aromatic carbocycles. The van der Waals surface area contributed by atoms with Gasteiger partial charge in [-0.1, -0.05) is 25.5 Å². The van der Waals surface area contributed by atoms with Crippen LogP contribution in [0.3, 0.4) is 0 Å². The summed E-state index contributed by atoms with van der Waals surface area (Å²) in [6.45, 7) is 2.32. The number of anilines is 1. The number of benzene rings is 1. The molecule has 0 amide bonds. The Bertz CT molecular complexity index is 582. The zero-order valence-electron chi connectivity index (χ0n) is 11.5. The van der Waals surface area contributed by atoms with Crippen LogP contribution in [0.5, 0.6) is 5.75 Å². The molecule has 0 saturated heterocycles. The molecule has 1 saturated carbocycles. The van der Waals surface area contributed by atoms with Gasteiger partial charge in [-0.3, -0.25) is 0 Å². The number of ether oxygens (including phenoxy) is 1. The molecule has 0 aliphatic heterocycles. The Morgan fingerprint density at radius 2 is 2.11 bits per heavy atom. The van der Waals surface area contributed by atoms with E-state index in [-0.39, 0.29) is 0 Å². The Morgan fingerprint density at radius 3 is 2.84 bits per heavy atom. The number of fused-ring (bicyclic) bond motifs is 1. The van der Waals surface area contributed by atoms with Crippen molar-refractivity contribution < 1.29 is 4.74 Å². The Morgan fingerprint density at radius 1 is 1.21 bits per heavy atom. The van der Waals surface area contributed by atoms with E-state index in [0.29, 0.717) is 6.04 Å². The molecular weight excluding hydrogens is 236 g/mol. The summed E-state index contributed by atoms with van der Waals surface area (Å²) in [4.78, 5) is 4.51. The molecule has 2 unspecified atom stereocenters. The van der Waals surface area contributed by atoms with Crippen LogP contribution in [0.25, 0.3) is 10.8 Å². The molecule has 0 bridgehead atoms. The molecule has 1 fully saturated rings. The molecule has 2 atom stereocenters. The molecule has 1 heterocycles. The van der Waals surface area contributed by atoms with Gasteiger partial charge in [0, 0.05) is 23.0 Å². The minimum absolute atomic E-state index is 0.546. The maximum Gasteiger partial charge on any atom is 0.134 e. The van der Waals surface area contributed by atoms with Crippen molar-refractivity contribution in [1.82, 2.24) is 4.98 Å². The first kappa shape index (κ1) is 12.3. The monoisotopic (exact) mass is 256 g/mol. The largest absolute Gasteiger partial charge is 0.496 e. The van der Waals surface area contributed by atoms with Crippen LogP contribution >= 0.6 is 0 Å². The van der Waals surface area contributed by atoms with Gasteiger partial charge in [0.05, 0.1) is 7.11 Å². The van der Waals surface area contributed by atoms with Crippen LogP contribution in [0.15, 0.2) is 30.5 Å². The van der Waals surface area contributed by atoms with E-state index in [1.54, 1.807) is 7.11 Å². The lowest BCUT2D eigenvalue weighted by molar-refractivity contribution is 0.420. The van der Waals surface area contributed by atoms with Gasteiger partial charge >= 0.3 is 0 Å². The minimum atomic E-state index is 0.546. The molecule has 3 rings (SSSR count). The first-order valence-corrected chi connectivity index (χ1v) is 6.98. The SMILES string of the molecule is COc1cccc2c(NC3CCCC3C)nccc12. The van der Waals surface area contributed by atoms with Crippen molar-refractivity contribution in [1.29, 1.82) is 0 Å². The van der Waals surface area contributed by atoms with Gasteiger partial charge in [-0.2, -0.15) is 0 Å². The van der Waals surface area contributed by atoms with E-state index in [4.69, 9.17) is 4.74 Å². The summed E-state index contributed by atoms with van der Waals surface area (Å²) in [7, 11) is 1.71. The summed E-state index contributed by atoms with van der Waals surface area (Å²) in [5.41, 5.74) is 0. The number of nitrogens with zero attached hydrogens (tertiary/aromatic N) is 1. The molecule has 3 nitrogen and oxygen atoms in total. The van der Waals surface area contributed by atoms with Crippen LogP contribution in [-0.2, 0) is 0 Å². The number of methoxy groups -OCH3 is 1. The topological polar surface area (TPSA) is 34.1 Å². The molecule has 1 aliphatic carbocycles. The van der Waals surface area contributed by atoms with Crippen molar-refractivity contribution >= 4 is 16.6 Å². The van der Waals surface area contributed by atoms with Gasteiger partial charge in [0.25, 0.3) is 0 Å². The third kappa shape index (κ3) is 2.25. The Labute approximate surface area is 114 Å². The van der Waals surface area contributed by atoms with Crippen molar-refractivity contribution in [3.05, 3.63) is 30.5 Å². The van der Waals surface area contributed by atoms with Gasteiger partial charge < -0.3 is 10.1 Å². The highest BCUT2D eigenvalue weighted by Gasteiger charge is 2.23. The summed E-state index contributed by atoms with van der Waals surface area (Å²) in [5, 5.41) is 5.88. The van der Waals surface area contributed by atoms with E-state index in [1.807, 2.05) is 24.4 Å². The Balaban J connectivity index is 1.99. The van der Waals surface area contributed by atoms with Crippen molar-refractivity contribution in [3.63, 3.8) is 0 Å². The van der Waals surface area contributed by atoms with Crippen molar-refractivity contribution in [2.24, 2.45) is 5.92 Å². The third-order valence-corrected chi connectivity index (χ3v) is 4.17. The highest BCUT2D eigenvalue weighted by Crippen LogP contribution is 2.32. The van der Waals surface area contributed by atoms with Gasteiger partial charge in [0.15, 0.2) is 0 Å². The molecule has 1 aliphatic rings. The van der Waals surface area contributed by atoms with Crippen LogP contribution in [-0.4, -0.2) is 18.1 Å². The zero-order chi connectivity index (χ0) is 13.2. The van der Waals surface area contributed by atoms with E-state index < -0.39 is 0 Å². The minimum Gasteiger partial charge on any atom is -0.496 e. The third-order valence-electron chi connectivity index (χ3n) is 4.17. The Hall–Kier alpha value is -1.77. The van der Waals surface area contributed by atoms with E-state index in [1.165, 1.54) is 19.3 Å². The predicted octanol–water partition coefficient (Wildman–Crippen LogP) is 3.84. The second-order valence-electron chi connectivity index (χ2n) is 5.37. The molecule has 0 radical (unpaired) electrons. The second-order valence-corrected chi connectivity index (χ2v) is 5.37. The molecule has 2 aromatic rings. The smallest absolute Gasteiger partial charge is 0.134 e. The highest BCUT2D eigenvalue weighted by molar-refractivity contribution is 5.95. The number of nitrogens with one attached hydrogen (secondary N) is 1.